The topological polar surface area (TPSA) is 70.7 Å². The number of carbonyl (C=O) groups is 1. The number of nitrogens with one attached hydrogen (secondary N) is 1. The number of hydrogen-bond donors (Lipinski definition) is 2. The van der Waals surface area contributed by atoms with Gasteiger partial charge in [-0.05, 0) is 39.0 Å². The van der Waals surface area contributed by atoms with Gasteiger partial charge >= 0.3 is 0 Å². The lowest BCUT2D eigenvalue weighted by Gasteiger charge is -2.46. The second kappa shape index (κ2) is 5.62. The van der Waals surface area contributed by atoms with E-state index in [0.717, 1.165) is 0 Å². The normalized spacial score (nSPS) is 29.3. The van der Waals surface area contributed by atoms with Gasteiger partial charge in [0.1, 0.15) is 11.4 Å². The molecule has 1 aliphatic carbocycles. The van der Waals surface area contributed by atoms with Crippen LogP contribution in [0.4, 0.5) is 18.9 Å². The number of rotatable bonds is 4. The van der Waals surface area contributed by atoms with Crippen LogP contribution >= 0.6 is 0 Å². The Hall–Kier alpha value is -2.25. The molecule has 5 nitrogen and oxygen atoms in total. The van der Waals surface area contributed by atoms with E-state index >= 15 is 0 Å². The van der Waals surface area contributed by atoms with Crippen LogP contribution in [0.25, 0.3) is 0 Å². The van der Waals surface area contributed by atoms with Crippen LogP contribution in [0.5, 0.6) is 0 Å². The maximum Gasteiger partial charge on any atom is 0.253 e. The Morgan fingerprint density at radius 2 is 1.96 bits per heavy atom. The molecule has 3 rings (SSSR count). The Labute approximate surface area is 150 Å². The SMILES string of the molecule is CN1C(=O)C(C)(C)[C@@](C)(c2cc(NCC3CC3(F)F)ccc2F)N=C1N. The number of aliphatic imine (C=N–C) groups is 1. The number of guanidine groups is 1. The molecular weight excluding hydrogens is 345 g/mol. The van der Waals surface area contributed by atoms with Crippen LogP contribution in [0.1, 0.15) is 32.8 Å². The van der Waals surface area contributed by atoms with E-state index < -0.39 is 28.6 Å². The van der Waals surface area contributed by atoms with Crippen LogP contribution in [-0.4, -0.2) is 36.3 Å². The Balaban J connectivity index is 1.96. The van der Waals surface area contributed by atoms with Gasteiger partial charge in [0.05, 0.1) is 5.41 Å². The van der Waals surface area contributed by atoms with Gasteiger partial charge in [0, 0.05) is 37.2 Å². The molecule has 0 spiro atoms. The van der Waals surface area contributed by atoms with Gasteiger partial charge in [-0.3, -0.25) is 9.69 Å². The van der Waals surface area contributed by atoms with E-state index in [0.29, 0.717) is 5.69 Å². The van der Waals surface area contributed by atoms with E-state index in [1.54, 1.807) is 20.8 Å². The van der Waals surface area contributed by atoms with Gasteiger partial charge in [0.15, 0.2) is 5.96 Å². The fourth-order valence-corrected chi connectivity index (χ4v) is 3.31. The van der Waals surface area contributed by atoms with Gasteiger partial charge in [-0.1, -0.05) is 0 Å². The van der Waals surface area contributed by atoms with Gasteiger partial charge in [0.25, 0.3) is 5.92 Å². The molecule has 0 aromatic heterocycles. The van der Waals surface area contributed by atoms with Crippen LogP contribution in [0.3, 0.4) is 0 Å². The fourth-order valence-electron chi connectivity index (χ4n) is 3.31. The first kappa shape index (κ1) is 18.5. The lowest BCUT2D eigenvalue weighted by molar-refractivity contribution is -0.140. The standard InChI is InChI=1S/C18H23F3N4O/c1-16(2)14(26)25(4)15(22)24-17(16,3)12-7-11(5-6-13(12)19)23-9-10-8-18(10,20)21/h5-7,10,23H,8-9H2,1-4H3,(H2,22,24)/t10?,17-/m1/s1. The molecule has 1 amide bonds. The zero-order chi connectivity index (χ0) is 19.5. The predicted octanol–water partition coefficient (Wildman–Crippen LogP) is 2.92. The van der Waals surface area contributed by atoms with Gasteiger partial charge in [-0.2, -0.15) is 0 Å². The van der Waals surface area contributed by atoms with Crippen molar-refractivity contribution in [2.45, 2.75) is 38.7 Å². The number of amides is 1. The van der Waals surface area contributed by atoms with E-state index in [1.165, 1.54) is 30.1 Å². The summed E-state index contributed by atoms with van der Waals surface area (Å²) in [4.78, 5) is 18.3. The number of nitrogens with two attached hydrogens (primary N) is 1. The van der Waals surface area contributed by atoms with E-state index in [2.05, 4.69) is 10.3 Å². The van der Waals surface area contributed by atoms with Crippen LogP contribution in [0.15, 0.2) is 23.2 Å². The first-order valence-corrected chi connectivity index (χ1v) is 8.45. The molecule has 1 fully saturated rings. The molecule has 2 atom stereocenters. The quantitative estimate of drug-likeness (QED) is 0.858. The lowest BCUT2D eigenvalue weighted by Crippen LogP contribution is -2.58. The highest BCUT2D eigenvalue weighted by Gasteiger charge is 2.56. The van der Waals surface area contributed by atoms with Crippen molar-refractivity contribution in [2.75, 3.05) is 18.9 Å². The minimum absolute atomic E-state index is 0.00668. The summed E-state index contributed by atoms with van der Waals surface area (Å²) in [6.07, 6.45) is -0.138. The molecule has 1 heterocycles. The maximum absolute atomic E-state index is 14.6. The molecule has 8 heteroatoms. The summed E-state index contributed by atoms with van der Waals surface area (Å²) in [5, 5.41) is 2.92. The summed E-state index contributed by atoms with van der Waals surface area (Å²) in [6, 6.07) is 4.26. The number of alkyl halides is 2. The monoisotopic (exact) mass is 368 g/mol. The van der Waals surface area contributed by atoms with Gasteiger partial charge < -0.3 is 11.1 Å². The third-order valence-corrected chi connectivity index (χ3v) is 5.74. The van der Waals surface area contributed by atoms with E-state index in [-0.39, 0.29) is 30.4 Å². The Kier molecular flexibility index (Phi) is 4.01. The molecular formula is C18H23F3N4O. The summed E-state index contributed by atoms with van der Waals surface area (Å²) in [5.74, 6) is -4.13. The fraction of sp³-hybridized carbons (Fsp3) is 0.556. The lowest BCUT2D eigenvalue weighted by atomic mass is 9.67. The third-order valence-electron chi connectivity index (χ3n) is 5.74. The summed E-state index contributed by atoms with van der Waals surface area (Å²) >= 11 is 0. The molecule has 0 radical (unpaired) electrons. The van der Waals surface area contributed by atoms with Crippen LogP contribution in [-0.2, 0) is 10.3 Å². The second-order valence-electron chi connectivity index (χ2n) is 7.77. The van der Waals surface area contributed by atoms with Crippen molar-refractivity contribution in [3.05, 3.63) is 29.6 Å². The van der Waals surface area contributed by atoms with Crippen LogP contribution in [0, 0.1) is 17.2 Å². The number of hydrogen-bond acceptors (Lipinski definition) is 4. The first-order chi connectivity index (χ1) is 11.9. The van der Waals surface area contributed by atoms with Crippen molar-refractivity contribution >= 4 is 17.6 Å². The molecule has 3 N–H and O–H groups in total. The maximum atomic E-state index is 14.6. The van der Waals surface area contributed by atoms with Crippen LogP contribution < -0.4 is 11.1 Å². The van der Waals surface area contributed by atoms with Crippen molar-refractivity contribution < 1.29 is 18.0 Å². The van der Waals surface area contributed by atoms with Crippen molar-refractivity contribution in [2.24, 2.45) is 22.1 Å². The minimum Gasteiger partial charge on any atom is -0.385 e. The Morgan fingerprint density at radius 1 is 1.35 bits per heavy atom. The average Bonchev–Trinajstić information content (AvgIpc) is 3.17. The van der Waals surface area contributed by atoms with Gasteiger partial charge in [0.2, 0.25) is 5.91 Å². The molecule has 1 saturated carbocycles. The van der Waals surface area contributed by atoms with Gasteiger partial charge in [-0.25, -0.2) is 18.2 Å². The molecule has 142 valence electrons. The number of benzene rings is 1. The van der Waals surface area contributed by atoms with Crippen molar-refractivity contribution in [3.63, 3.8) is 0 Å². The summed E-state index contributed by atoms with van der Waals surface area (Å²) in [7, 11) is 1.52. The summed E-state index contributed by atoms with van der Waals surface area (Å²) in [6.45, 7) is 5.13. The number of anilines is 1. The highest BCUT2D eigenvalue weighted by molar-refractivity contribution is 6.01. The first-order valence-electron chi connectivity index (χ1n) is 8.45. The third kappa shape index (κ3) is 2.71. The smallest absolute Gasteiger partial charge is 0.253 e. The molecule has 1 aliphatic heterocycles. The van der Waals surface area contributed by atoms with Crippen molar-refractivity contribution in [1.29, 1.82) is 0 Å². The molecule has 1 aromatic rings. The average molecular weight is 368 g/mol. The highest BCUT2D eigenvalue weighted by Crippen LogP contribution is 2.49. The molecule has 1 unspecified atom stereocenters. The number of nitrogens with zero attached hydrogens (tertiary/aromatic N) is 2. The zero-order valence-electron chi connectivity index (χ0n) is 15.2. The number of carbonyl (C=O) groups excluding carboxylic acids is 1. The van der Waals surface area contributed by atoms with Crippen LogP contribution in [0.2, 0.25) is 0 Å². The zero-order valence-corrected chi connectivity index (χ0v) is 15.2. The predicted molar refractivity (Wildman–Crippen MR) is 93.5 cm³/mol. The molecule has 0 saturated heterocycles. The summed E-state index contributed by atoms with van der Waals surface area (Å²) < 4.78 is 40.7. The molecule has 0 bridgehead atoms. The minimum atomic E-state index is -2.62. The Morgan fingerprint density at radius 3 is 2.54 bits per heavy atom. The molecule has 1 aromatic carbocycles. The second-order valence-corrected chi connectivity index (χ2v) is 7.77. The van der Waals surface area contributed by atoms with E-state index in [9.17, 15) is 18.0 Å². The molecule has 26 heavy (non-hydrogen) atoms. The Bertz CT molecular complexity index is 793. The largest absolute Gasteiger partial charge is 0.385 e. The number of halogens is 3. The van der Waals surface area contributed by atoms with E-state index in [4.69, 9.17) is 5.73 Å². The van der Waals surface area contributed by atoms with Crippen molar-refractivity contribution in [3.8, 4) is 0 Å². The van der Waals surface area contributed by atoms with Gasteiger partial charge in [-0.15, -0.1) is 0 Å². The summed E-state index contributed by atoms with van der Waals surface area (Å²) in [5.41, 5.74) is 4.28. The molecule has 2 aliphatic rings. The van der Waals surface area contributed by atoms with Crippen molar-refractivity contribution in [1.82, 2.24) is 4.90 Å². The van der Waals surface area contributed by atoms with E-state index in [1.807, 2.05) is 0 Å². The highest BCUT2D eigenvalue weighted by atomic mass is 19.3.